The molecule has 0 radical (unpaired) electrons. The summed E-state index contributed by atoms with van der Waals surface area (Å²) < 4.78 is 63.8. The summed E-state index contributed by atoms with van der Waals surface area (Å²) in [6.45, 7) is 5.31. The first-order valence-electron chi connectivity index (χ1n) is 11.7. The van der Waals surface area contributed by atoms with E-state index in [9.17, 15) is 21.6 Å². The second kappa shape index (κ2) is 12.0. The van der Waals surface area contributed by atoms with Gasteiger partial charge in [0.15, 0.2) is 0 Å². The molecule has 0 bridgehead atoms. The number of nitrogens with one attached hydrogen (secondary N) is 1. The molecule has 0 saturated carbocycles. The van der Waals surface area contributed by atoms with E-state index in [2.05, 4.69) is 5.32 Å². The minimum Gasteiger partial charge on any atom is -0.492 e. The Bertz CT molecular complexity index is 1230. The first kappa shape index (κ1) is 27.9. The summed E-state index contributed by atoms with van der Waals surface area (Å²) in [4.78, 5) is 13.0. The average Bonchev–Trinajstić information content (AvgIpc) is 2.86. The Labute approximate surface area is 213 Å². The van der Waals surface area contributed by atoms with Crippen molar-refractivity contribution < 1.29 is 31.1 Å². The Morgan fingerprint density at radius 1 is 1.06 bits per heavy atom. The third-order valence-electron chi connectivity index (χ3n) is 5.72. The van der Waals surface area contributed by atoms with Crippen LogP contribution < -0.4 is 14.4 Å². The van der Waals surface area contributed by atoms with E-state index in [-0.39, 0.29) is 24.5 Å². The van der Waals surface area contributed by atoms with E-state index in [4.69, 9.17) is 9.47 Å². The van der Waals surface area contributed by atoms with Crippen molar-refractivity contribution in [2.75, 3.05) is 50.0 Å². The lowest BCUT2D eigenvalue weighted by Crippen LogP contribution is -2.50. The third-order valence-corrected chi connectivity index (χ3v) is 8.81. The van der Waals surface area contributed by atoms with Gasteiger partial charge in [-0.2, -0.15) is 4.31 Å². The highest BCUT2D eigenvalue weighted by Crippen LogP contribution is 2.23. The lowest BCUT2D eigenvalue weighted by molar-refractivity contribution is -0.122. The van der Waals surface area contributed by atoms with Crippen LogP contribution in [0.2, 0.25) is 0 Å². The maximum absolute atomic E-state index is 12.9. The van der Waals surface area contributed by atoms with E-state index >= 15 is 0 Å². The number of benzene rings is 2. The lowest BCUT2D eigenvalue weighted by Gasteiger charge is -2.30. The molecule has 1 N–H and O–H groups in total. The highest BCUT2D eigenvalue weighted by Gasteiger charge is 2.31. The molecule has 1 aliphatic rings. The second-order valence-electron chi connectivity index (χ2n) is 8.45. The highest BCUT2D eigenvalue weighted by atomic mass is 32.2. The van der Waals surface area contributed by atoms with Crippen molar-refractivity contribution in [3.05, 3.63) is 54.1 Å². The van der Waals surface area contributed by atoms with Gasteiger partial charge >= 0.3 is 0 Å². The van der Waals surface area contributed by atoms with Crippen LogP contribution in [-0.2, 0) is 29.6 Å². The quantitative estimate of drug-likeness (QED) is 0.432. The molecule has 0 aliphatic carbocycles. The number of carbonyl (C=O) groups excluding carboxylic acids is 1. The smallest absolute Gasteiger partial charge is 0.244 e. The van der Waals surface area contributed by atoms with Crippen LogP contribution >= 0.6 is 0 Å². The molecule has 0 aromatic heterocycles. The lowest BCUT2D eigenvalue weighted by atomic mass is 10.1. The maximum atomic E-state index is 12.9. The Morgan fingerprint density at radius 3 is 2.22 bits per heavy atom. The van der Waals surface area contributed by atoms with Crippen LogP contribution in [-0.4, -0.2) is 78.8 Å². The Balaban J connectivity index is 1.56. The topological polar surface area (TPSA) is 122 Å². The van der Waals surface area contributed by atoms with Crippen molar-refractivity contribution in [3.8, 4) is 5.75 Å². The molecule has 198 valence electrons. The van der Waals surface area contributed by atoms with Crippen molar-refractivity contribution in [1.82, 2.24) is 9.62 Å². The van der Waals surface area contributed by atoms with Gasteiger partial charge < -0.3 is 14.8 Å². The summed E-state index contributed by atoms with van der Waals surface area (Å²) in [6, 6.07) is 12.1. The number of sulfonamides is 2. The molecule has 0 spiro atoms. The zero-order valence-corrected chi connectivity index (χ0v) is 22.3. The molecule has 1 heterocycles. The van der Waals surface area contributed by atoms with Crippen molar-refractivity contribution in [2.45, 2.75) is 31.2 Å². The molecule has 1 atom stereocenters. The number of ether oxygens (including phenoxy) is 2. The standard InChI is InChI=1S/C24H33N3O7S2/c1-4-23(27(35(3,29)30)20-7-5-19(2)6-8-20)24(28)25-13-16-34-21-9-11-22(12-10-21)36(31,32)26-14-17-33-18-15-26/h5-12,23H,4,13-18H2,1-3H3,(H,25,28)/t23-/m1/s1. The fraction of sp³-hybridized carbons (Fsp3) is 0.458. The summed E-state index contributed by atoms with van der Waals surface area (Å²) in [5.41, 5.74) is 1.40. The largest absolute Gasteiger partial charge is 0.492 e. The summed E-state index contributed by atoms with van der Waals surface area (Å²) >= 11 is 0. The number of nitrogens with zero attached hydrogens (tertiary/aromatic N) is 2. The summed E-state index contributed by atoms with van der Waals surface area (Å²) in [5, 5.41) is 2.73. The van der Waals surface area contributed by atoms with E-state index in [0.717, 1.165) is 16.1 Å². The summed E-state index contributed by atoms with van der Waals surface area (Å²) in [5.74, 6) is 0.0219. The summed E-state index contributed by atoms with van der Waals surface area (Å²) in [6.07, 6.45) is 1.36. The number of morpholine rings is 1. The molecule has 1 saturated heterocycles. The van der Waals surface area contributed by atoms with Crippen LogP contribution in [0.25, 0.3) is 0 Å². The van der Waals surface area contributed by atoms with Gasteiger partial charge in [0.05, 0.1) is 36.6 Å². The van der Waals surface area contributed by atoms with Crippen LogP contribution in [0.5, 0.6) is 5.75 Å². The molecule has 10 nitrogen and oxygen atoms in total. The van der Waals surface area contributed by atoms with Crippen molar-refractivity contribution >= 4 is 31.6 Å². The minimum atomic E-state index is -3.70. The molecule has 2 aromatic rings. The Kier molecular flexibility index (Phi) is 9.34. The van der Waals surface area contributed by atoms with E-state index in [1.807, 2.05) is 6.92 Å². The Morgan fingerprint density at radius 2 is 1.67 bits per heavy atom. The molecule has 1 fully saturated rings. The highest BCUT2D eigenvalue weighted by molar-refractivity contribution is 7.92. The monoisotopic (exact) mass is 539 g/mol. The van der Waals surface area contributed by atoms with Gasteiger partial charge in [-0.25, -0.2) is 16.8 Å². The molecule has 2 aromatic carbocycles. The van der Waals surface area contributed by atoms with E-state index in [1.54, 1.807) is 43.3 Å². The first-order chi connectivity index (χ1) is 17.0. The number of amides is 1. The van der Waals surface area contributed by atoms with Crippen LogP contribution in [0, 0.1) is 6.92 Å². The first-order valence-corrected chi connectivity index (χ1v) is 15.0. The van der Waals surface area contributed by atoms with Gasteiger partial charge in [-0.3, -0.25) is 9.10 Å². The predicted octanol–water partition coefficient (Wildman–Crippen LogP) is 1.76. The van der Waals surface area contributed by atoms with Crippen molar-refractivity contribution in [2.24, 2.45) is 0 Å². The van der Waals surface area contributed by atoms with Gasteiger partial charge in [-0.1, -0.05) is 24.6 Å². The molecule has 0 unspecified atom stereocenters. The summed E-state index contributed by atoms with van der Waals surface area (Å²) in [7, 11) is -7.29. The molecular formula is C24H33N3O7S2. The van der Waals surface area contributed by atoms with Gasteiger partial charge in [-0.15, -0.1) is 0 Å². The van der Waals surface area contributed by atoms with Crippen LogP contribution in [0.4, 0.5) is 5.69 Å². The van der Waals surface area contributed by atoms with Crippen molar-refractivity contribution in [3.63, 3.8) is 0 Å². The molecule has 1 amide bonds. The molecule has 3 rings (SSSR count). The number of rotatable bonds is 11. The predicted molar refractivity (Wildman–Crippen MR) is 137 cm³/mol. The fourth-order valence-corrected chi connectivity index (χ4v) is 6.48. The third kappa shape index (κ3) is 6.96. The van der Waals surface area contributed by atoms with Gasteiger partial charge in [0.1, 0.15) is 18.4 Å². The molecule has 36 heavy (non-hydrogen) atoms. The molecule has 12 heteroatoms. The normalized spacial score (nSPS) is 15.8. The van der Waals surface area contributed by atoms with Crippen molar-refractivity contribution in [1.29, 1.82) is 0 Å². The number of aryl methyl sites for hydroxylation is 1. The van der Waals surface area contributed by atoms with Gasteiger partial charge in [-0.05, 0) is 49.7 Å². The number of hydrogen-bond donors (Lipinski definition) is 1. The van der Waals surface area contributed by atoms with Gasteiger partial charge in [0.25, 0.3) is 0 Å². The SMILES string of the molecule is CC[C@H](C(=O)NCCOc1ccc(S(=O)(=O)N2CCOCC2)cc1)N(c1ccc(C)cc1)S(C)(=O)=O. The molecular weight excluding hydrogens is 506 g/mol. The molecule has 1 aliphatic heterocycles. The number of hydrogen-bond acceptors (Lipinski definition) is 7. The second-order valence-corrected chi connectivity index (χ2v) is 12.2. The van der Waals surface area contributed by atoms with Gasteiger partial charge in [0.2, 0.25) is 26.0 Å². The number of carbonyl (C=O) groups is 1. The average molecular weight is 540 g/mol. The fourth-order valence-electron chi connectivity index (χ4n) is 3.86. The zero-order valence-electron chi connectivity index (χ0n) is 20.7. The van der Waals surface area contributed by atoms with E-state index in [0.29, 0.717) is 37.7 Å². The van der Waals surface area contributed by atoms with E-state index < -0.39 is 32.0 Å². The number of anilines is 1. The minimum absolute atomic E-state index is 0.126. The van der Waals surface area contributed by atoms with E-state index in [1.165, 1.54) is 16.4 Å². The van der Waals surface area contributed by atoms with Crippen LogP contribution in [0.3, 0.4) is 0 Å². The van der Waals surface area contributed by atoms with Crippen LogP contribution in [0.1, 0.15) is 18.9 Å². The maximum Gasteiger partial charge on any atom is 0.244 e. The zero-order chi connectivity index (χ0) is 26.3. The van der Waals surface area contributed by atoms with Crippen LogP contribution in [0.15, 0.2) is 53.4 Å². The van der Waals surface area contributed by atoms with Gasteiger partial charge in [0, 0.05) is 13.1 Å². The Hall–Kier alpha value is -2.67.